The van der Waals surface area contributed by atoms with E-state index in [0.29, 0.717) is 0 Å². The van der Waals surface area contributed by atoms with Gasteiger partial charge in [-0.3, -0.25) is 0 Å². The van der Waals surface area contributed by atoms with Crippen molar-refractivity contribution in [2.45, 2.75) is 45.3 Å². The van der Waals surface area contributed by atoms with E-state index in [1.807, 2.05) is 6.07 Å². The van der Waals surface area contributed by atoms with E-state index < -0.39 is 0 Å². The third-order valence-electron chi connectivity index (χ3n) is 3.66. The van der Waals surface area contributed by atoms with E-state index in [1.165, 1.54) is 17.7 Å². The Hall–Kier alpha value is -1.06. The van der Waals surface area contributed by atoms with E-state index in [9.17, 15) is 5.11 Å². The Morgan fingerprint density at radius 3 is 2.89 bits per heavy atom. The van der Waals surface area contributed by atoms with Crippen LogP contribution in [0.4, 0.5) is 5.69 Å². The van der Waals surface area contributed by atoms with Crippen LogP contribution in [0.3, 0.4) is 0 Å². The van der Waals surface area contributed by atoms with Crippen molar-refractivity contribution in [2.24, 2.45) is 0 Å². The minimum absolute atomic E-state index is 0.342. The first kappa shape index (κ1) is 14.4. The molecule has 1 aromatic rings. The molecule has 0 radical (unpaired) electrons. The predicted octanol–water partition coefficient (Wildman–Crippen LogP) is 2.96. The second-order valence-electron chi connectivity index (χ2n) is 5.16. The zero-order valence-electron chi connectivity index (χ0n) is 11.8. The summed E-state index contributed by atoms with van der Waals surface area (Å²) >= 11 is 0. The van der Waals surface area contributed by atoms with Gasteiger partial charge in [-0.25, -0.2) is 0 Å². The Morgan fingerprint density at radius 2 is 2.05 bits per heavy atom. The highest BCUT2D eigenvalue weighted by Crippen LogP contribution is 2.29. The zero-order valence-corrected chi connectivity index (χ0v) is 11.8. The highest BCUT2D eigenvalue weighted by molar-refractivity contribution is 5.55. The summed E-state index contributed by atoms with van der Waals surface area (Å²) in [6.45, 7) is 4.68. The molecule has 106 valence electrons. The third kappa shape index (κ3) is 3.95. The maximum Gasteiger partial charge on any atom is 0.127 e. The molecule has 0 aliphatic carbocycles. The summed E-state index contributed by atoms with van der Waals surface area (Å²) in [7, 11) is 0. The number of benzene rings is 1. The summed E-state index contributed by atoms with van der Waals surface area (Å²) < 4.78 is 5.58. The van der Waals surface area contributed by atoms with Crippen LogP contribution in [0, 0.1) is 0 Å². The van der Waals surface area contributed by atoms with Crippen LogP contribution in [-0.4, -0.2) is 31.1 Å². The molecule has 2 rings (SSSR count). The summed E-state index contributed by atoms with van der Waals surface area (Å²) in [5.41, 5.74) is 2.54. The third-order valence-corrected chi connectivity index (χ3v) is 3.66. The van der Waals surface area contributed by atoms with E-state index in [0.717, 1.165) is 45.4 Å². The van der Waals surface area contributed by atoms with Gasteiger partial charge in [0, 0.05) is 25.4 Å². The van der Waals surface area contributed by atoms with Crippen LogP contribution in [0.5, 0.6) is 0 Å². The SMILES string of the molecule is CCCCOCCCN1c2ccccc2CCC1O. The molecule has 1 heterocycles. The lowest BCUT2D eigenvalue weighted by atomic mass is 10.0. The molecule has 0 spiro atoms. The van der Waals surface area contributed by atoms with Gasteiger partial charge in [-0.15, -0.1) is 0 Å². The van der Waals surface area contributed by atoms with Crippen molar-refractivity contribution in [1.29, 1.82) is 0 Å². The summed E-state index contributed by atoms with van der Waals surface area (Å²) in [6.07, 6.45) is 4.74. The Bertz CT molecular complexity index is 381. The molecule has 0 bridgehead atoms. The van der Waals surface area contributed by atoms with E-state index >= 15 is 0 Å². The molecular weight excluding hydrogens is 238 g/mol. The van der Waals surface area contributed by atoms with Crippen molar-refractivity contribution in [3.8, 4) is 0 Å². The van der Waals surface area contributed by atoms with Gasteiger partial charge in [0.1, 0.15) is 6.23 Å². The number of anilines is 1. The second-order valence-corrected chi connectivity index (χ2v) is 5.16. The molecule has 3 nitrogen and oxygen atoms in total. The Balaban J connectivity index is 1.82. The van der Waals surface area contributed by atoms with Crippen molar-refractivity contribution in [3.05, 3.63) is 29.8 Å². The van der Waals surface area contributed by atoms with Gasteiger partial charge >= 0.3 is 0 Å². The largest absolute Gasteiger partial charge is 0.381 e. The van der Waals surface area contributed by atoms with Crippen LogP contribution in [0.15, 0.2) is 24.3 Å². The lowest BCUT2D eigenvalue weighted by molar-refractivity contribution is 0.120. The fourth-order valence-corrected chi connectivity index (χ4v) is 2.56. The van der Waals surface area contributed by atoms with E-state index in [-0.39, 0.29) is 6.23 Å². The number of fused-ring (bicyclic) bond motifs is 1. The van der Waals surface area contributed by atoms with Crippen LogP contribution in [-0.2, 0) is 11.2 Å². The van der Waals surface area contributed by atoms with Gasteiger partial charge in [-0.05, 0) is 37.3 Å². The molecule has 1 aliphatic rings. The number of nitrogens with zero attached hydrogens (tertiary/aromatic N) is 1. The first-order valence-corrected chi connectivity index (χ1v) is 7.43. The summed E-state index contributed by atoms with van der Waals surface area (Å²) in [6, 6.07) is 8.38. The average Bonchev–Trinajstić information content (AvgIpc) is 2.44. The standard InChI is InChI=1S/C16H25NO2/c1-2-3-12-19-13-6-11-17-15-8-5-4-7-14(15)9-10-16(17)18/h4-5,7-8,16,18H,2-3,6,9-13H2,1H3. The topological polar surface area (TPSA) is 32.7 Å². The molecule has 0 amide bonds. The molecule has 1 aromatic carbocycles. The average molecular weight is 263 g/mol. The highest BCUT2D eigenvalue weighted by Gasteiger charge is 2.23. The molecule has 1 aliphatic heterocycles. The van der Waals surface area contributed by atoms with Gasteiger partial charge < -0.3 is 14.7 Å². The van der Waals surface area contributed by atoms with Gasteiger partial charge in [-0.1, -0.05) is 31.5 Å². The van der Waals surface area contributed by atoms with Crippen LogP contribution in [0.1, 0.15) is 38.2 Å². The molecule has 3 heteroatoms. The van der Waals surface area contributed by atoms with Gasteiger partial charge in [0.05, 0.1) is 0 Å². The van der Waals surface area contributed by atoms with Gasteiger partial charge in [0.15, 0.2) is 0 Å². The highest BCUT2D eigenvalue weighted by atomic mass is 16.5. The van der Waals surface area contributed by atoms with Crippen molar-refractivity contribution in [2.75, 3.05) is 24.7 Å². The van der Waals surface area contributed by atoms with Crippen LogP contribution >= 0.6 is 0 Å². The quantitative estimate of drug-likeness (QED) is 0.768. The van der Waals surface area contributed by atoms with E-state index in [2.05, 4.69) is 30.0 Å². The molecular formula is C16H25NO2. The minimum atomic E-state index is -0.342. The number of hydrogen-bond acceptors (Lipinski definition) is 3. The molecule has 1 unspecified atom stereocenters. The zero-order chi connectivity index (χ0) is 13.5. The Labute approximate surface area is 116 Å². The predicted molar refractivity (Wildman–Crippen MR) is 78.5 cm³/mol. The van der Waals surface area contributed by atoms with Crippen LogP contribution in [0.25, 0.3) is 0 Å². The number of aliphatic hydroxyl groups is 1. The number of hydrogen-bond donors (Lipinski definition) is 1. The van der Waals surface area contributed by atoms with E-state index in [1.54, 1.807) is 0 Å². The minimum Gasteiger partial charge on any atom is -0.381 e. The van der Waals surface area contributed by atoms with Gasteiger partial charge in [-0.2, -0.15) is 0 Å². The van der Waals surface area contributed by atoms with Crippen molar-refractivity contribution < 1.29 is 9.84 Å². The lowest BCUT2D eigenvalue weighted by Crippen LogP contribution is -2.40. The fraction of sp³-hybridized carbons (Fsp3) is 0.625. The number of para-hydroxylation sites is 1. The normalized spacial score (nSPS) is 18.4. The van der Waals surface area contributed by atoms with Crippen molar-refractivity contribution >= 4 is 5.69 Å². The van der Waals surface area contributed by atoms with Crippen LogP contribution < -0.4 is 4.90 Å². The lowest BCUT2D eigenvalue weighted by Gasteiger charge is -2.35. The monoisotopic (exact) mass is 263 g/mol. The van der Waals surface area contributed by atoms with Crippen LogP contribution in [0.2, 0.25) is 0 Å². The summed E-state index contributed by atoms with van der Waals surface area (Å²) in [5, 5.41) is 10.1. The molecule has 0 saturated heterocycles. The first-order chi connectivity index (χ1) is 9.33. The second kappa shape index (κ2) is 7.51. The maximum absolute atomic E-state index is 10.1. The van der Waals surface area contributed by atoms with E-state index in [4.69, 9.17) is 4.74 Å². The summed E-state index contributed by atoms with van der Waals surface area (Å²) in [4.78, 5) is 2.11. The molecule has 0 fully saturated rings. The van der Waals surface area contributed by atoms with Crippen molar-refractivity contribution in [3.63, 3.8) is 0 Å². The molecule has 1 atom stereocenters. The number of ether oxygens (including phenoxy) is 1. The molecule has 0 saturated carbocycles. The number of rotatable bonds is 7. The van der Waals surface area contributed by atoms with Gasteiger partial charge in [0.25, 0.3) is 0 Å². The Morgan fingerprint density at radius 1 is 1.26 bits per heavy atom. The molecule has 0 aromatic heterocycles. The van der Waals surface area contributed by atoms with Crippen molar-refractivity contribution in [1.82, 2.24) is 0 Å². The smallest absolute Gasteiger partial charge is 0.127 e. The fourth-order valence-electron chi connectivity index (χ4n) is 2.56. The first-order valence-electron chi connectivity index (χ1n) is 7.43. The number of unbranched alkanes of at least 4 members (excludes halogenated alkanes) is 1. The summed E-state index contributed by atoms with van der Waals surface area (Å²) in [5.74, 6) is 0. The molecule has 1 N–H and O–H groups in total. The number of aryl methyl sites for hydroxylation is 1. The Kier molecular flexibility index (Phi) is 5.67. The van der Waals surface area contributed by atoms with Gasteiger partial charge in [0.2, 0.25) is 0 Å². The number of aliphatic hydroxyl groups excluding tert-OH is 1. The molecule has 19 heavy (non-hydrogen) atoms. The maximum atomic E-state index is 10.1.